The summed E-state index contributed by atoms with van der Waals surface area (Å²) in [5, 5.41) is 5.15. The van der Waals surface area contributed by atoms with Crippen molar-refractivity contribution in [3.05, 3.63) is 52.2 Å². The highest BCUT2D eigenvalue weighted by atomic mass is 32.1. The summed E-state index contributed by atoms with van der Waals surface area (Å²) in [7, 11) is 1.69. The molecule has 2 atom stereocenters. The molecule has 1 N–H and O–H groups in total. The van der Waals surface area contributed by atoms with Crippen molar-refractivity contribution in [2.45, 2.75) is 44.2 Å². The summed E-state index contributed by atoms with van der Waals surface area (Å²) in [5.74, 6) is 0.847. The first kappa shape index (κ1) is 21.8. The predicted octanol–water partition coefficient (Wildman–Crippen LogP) is 3.24. The van der Waals surface area contributed by atoms with Crippen LogP contribution in [-0.2, 0) is 16.0 Å². The molecule has 2 aliphatic heterocycles. The Morgan fingerprint density at radius 2 is 1.94 bits per heavy atom. The lowest BCUT2D eigenvalue weighted by Crippen LogP contribution is -2.48. The van der Waals surface area contributed by atoms with Gasteiger partial charge in [-0.2, -0.15) is 0 Å². The lowest BCUT2D eigenvalue weighted by molar-refractivity contribution is -0.138. The lowest BCUT2D eigenvalue weighted by atomic mass is 10.0. The second-order valence-corrected chi connectivity index (χ2v) is 9.28. The molecule has 2 aliphatic rings. The number of rotatable bonds is 8. The number of ether oxygens (including phenoxy) is 1. The Balaban J connectivity index is 1.42. The van der Waals surface area contributed by atoms with Crippen LogP contribution in [0.3, 0.4) is 0 Å². The molecule has 2 saturated heterocycles. The summed E-state index contributed by atoms with van der Waals surface area (Å²) in [6.45, 7) is 3.22. The highest BCUT2D eigenvalue weighted by molar-refractivity contribution is 7.10. The van der Waals surface area contributed by atoms with Crippen LogP contribution in [0.2, 0.25) is 0 Å². The summed E-state index contributed by atoms with van der Waals surface area (Å²) < 4.78 is 5.60. The number of nitrogens with one attached hydrogen (secondary N) is 1. The Labute approximate surface area is 188 Å². The number of thiophene rings is 1. The minimum atomic E-state index is -0.371. The number of nitrogens with zero attached hydrogens (tertiary/aromatic N) is 2. The molecule has 166 valence electrons. The Kier molecular flexibility index (Phi) is 7.25. The van der Waals surface area contributed by atoms with E-state index in [9.17, 15) is 9.59 Å². The van der Waals surface area contributed by atoms with Crippen LogP contribution in [0.5, 0.6) is 5.75 Å². The molecule has 2 fully saturated rings. The van der Waals surface area contributed by atoms with Crippen LogP contribution in [-0.4, -0.2) is 60.9 Å². The van der Waals surface area contributed by atoms with E-state index < -0.39 is 0 Å². The molecule has 7 heteroatoms. The molecule has 0 radical (unpaired) electrons. The van der Waals surface area contributed by atoms with Crippen molar-refractivity contribution < 1.29 is 14.3 Å². The molecule has 31 heavy (non-hydrogen) atoms. The normalized spacial score (nSPS) is 20.0. The summed E-state index contributed by atoms with van der Waals surface area (Å²) >= 11 is 1.58. The highest BCUT2D eigenvalue weighted by Gasteiger charge is 2.35. The van der Waals surface area contributed by atoms with E-state index in [1.165, 1.54) is 12.8 Å². The van der Waals surface area contributed by atoms with E-state index >= 15 is 0 Å². The molecule has 2 aromatic rings. The molecular formula is C24H31N3O3S. The monoisotopic (exact) mass is 441 g/mol. The Bertz CT molecular complexity index is 880. The first-order valence-corrected chi connectivity index (χ1v) is 12.0. The van der Waals surface area contributed by atoms with Crippen LogP contribution in [0, 0.1) is 0 Å². The molecule has 6 nitrogen and oxygen atoms in total. The Morgan fingerprint density at radius 1 is 1.13 bits per heavy atom. The molecule has 2 unspecified atom stereocenters. The van der Waals surface area contributed by atoms with Gasteiger partial charge in [-0.3, -0.25) is 14.5 Å². The van der Waals surface area contributed by atoms with E-state index in [0.717, 1.165) is 42.1 Å². The largest absolute Gasteiger partial charge is 0.496 e. The molecule has 4 rings (SSSR count). The maximum absolute atomic E-state index is 13.1. The Morgan fingerprint density at radius 3 is 2.68 bits per heavy atom. The minimum absolute atomic E-state index is 0.0425. The number of methoxy groups -OCH3 is 1. The van der Waals surface area contributed by atoms with Crippen molar-refractivity contribution in [2.75, 3.05) is 33.3 Å². The number of amides is 2. The van der Waals surface area contributed by atoms with Crippen LogP contribution in [0.15, 0.2) is 41.8 Å². The standard InChI is InChI=1S/C24H31N3O3S/c1-30-22-11-3-2-9-19(22)21(26-12-4-5-13-26)17-25-24(29)20-10-6-14-27(20)23(28)16-18-8-7-15-31-18/h2-3,7-9,11,15,20-21H,4-6,10,12-14,16-17H2,1H3,(H,25,29). The summed E-state index contributed by atoms with van der Waals surface area (Å²) in [6.07, 6.45) is 4.32. The van der Waals surface area contributed by atoms with Crippen molar-refractivity contribution in [2.24, 2.45) is 0 Å². The van der Waals surface area contributed by atoms with E-state index in [1.807, 2.05) is 35.7 Å². The third-order valence-corrected chi connectivity index (χ3v) is 7.21. The molecule has 3 heterocycles. The van der Waals surface area contributed by atoms with E-state index in [0.29, 0.717) is 19.5 Å². The van der Waals surface area contributed by atoms with Gasteiger partial charge in [-0.25, -0.2) is 0 Å². The number of hydrogen-bond donors (Lipinski definition) is 1. The zero-order valence-corrected chi connectivity index (χ0v) is 18.9. The average molecular weight is 442 g/mol. The maximum Gasteiger partial charge on any atom is 0.242 e. The van der Waals surface area contributed by atoms with Gasteiger partial charge in [0, 0.05) is 23.5 Å². The molecular weight excluding hydrogens is 410 g/mol. The zero-order chi connectivity index (χ0) is 21.6. The topological polar surface area (TPSA) is 61.9 Å². The van der Waals surface area contributed by atoms with E-state index in [4.69, 9.17) is 4.74 Å². The second-order valence-electron chi connectivity index (χ2n) is 8.25. The molecule has 0 saturated carbocycles. The first-order chi connectivity index (χ1) is 15.2. The Hall–Kier alpha value is -2.38. The van der Waals surface area contributed by atoms with Gasteiger partial charge in [0.05, 0.1) is 19.6 Å². The SMILES string of the molecule is COc1ccccc1C(CNC(=O)C1CCCN1C(=O)Cc1cccs1)N1CCCC1. The molecule has 1 aromatic carbocycles. The average Bonchev–Trinajstić information content (AvgIpc) is 3.56. The van der Waals surface area contributed by atoms with E-state index in [2.05, 4.69) is 16.3 Å². The second kappa shape index (κ2) is 10.3. The van der Waals surface area contributed by atoms with E-state index in [1.54, 1.807) is 23.3 Å². The van der Waals surface area contributed by atoms with Crippen molar-refractivity contribution >= 4 is 23.2 Å². The van der Waals surface area contributed by atoms with Gasteiger partial charge >= 0.3 is 0 Å². The number of para-hydroxylation sites is 1. The van der Waals surface area contributed by atoms with Gasteiger partial charge in [0.2, 0.25) is 11.8 Å². The molecule has 0 bridgehead atoms. The van der Waals surface area contributed by atoms with Crippen LogP contribution in [0.4, 0.5) is 0 Å². The minimum Gasteiger partial charge on any atom is -0.496 e. The fourth-order valence-electron chi connectivity index (χ4n) is 4.75. The maximum atomic E-state index is 13.1. The fourth-order valence-corrected chi connectivity index (χ4v) is 5.44. The summed E-state index contributed by atoms with van der Waals surface area (Å²) in [5.41, 5.74) is 1.10. The molecule has 0 spiro atoms. The van der Waals surface area contributed by atoms with Gasteiger partial charge in [0.1, 0.15) is 11.8 Å². The third kappa shape index (κ3) is 5.10. The number of likely N-dealkylation sites (tertiary alicyclic amines) is 2. The molecule has 1 aromatic heterocycles. The van der Waals surface area contributed by atoms with Crippen LogP contribution in [0.25, 0.3) is 0 Å². The number of carbonyl (C=O) groups is 2. The highest BCUT2D eigenvalue weighted by Crippen LogP contribution is 2.31. The quantitative estimate of drug-likeness (QED) is 0.683. The van der Waals surface area contributed by atoms with Crippen molar-refractivity contribution in [3.63, 3.8) is 0 Å². The van der Waals surface area contributed by atoms with Gasteiger partial charge in [0.15, 0.2) is 0 Å². The van der Waals surface area contributed by atoms with Gasteiger partial charge in [0.25, 0.3) is 0 Å². The molecule has 2 amide bonds. The fraction of sp³-hybridized carbons (Fsp3) is 0.500. The predicted molar refractivity (Wildman–Crippen MR) is 122 cm³/mol. The van der Waals surface area contributed by atoms with Crippen LogP contribution < -0.4 is 10.1 Å². The molecule has 0 aliphatic carbocycles. The van der Waals surface area contributed by atoms with E-state index in [-0.39, 0.29) is 23.9 Å². The number of carbonyl (C=O) groups excluding carboxylic acids is 2. The van der Waals surface area contributed by atoms with Crippen molar-refractivity contribution in [3.8, 4) is 5.75 Å². The smallest absolute Gasteiger partial charge is 0.242 e. The van der Waals surface area contributed by atoms with Gasteiger partial charge in [-0.05, 0) is 56.3 Å². The third-order valence-electron chi connectivity index (χ3n) is 6.33. The lowest BCUT2D eigenvalue weighted by Gasteiger charge is -2.30. The number of benzene rings is 1. The van der Waals surface area contributed by atoms with Crippen LogP contribution >= 0.6 is 11.3 Å². The first-order valence-electron chi connectivity index (χ1n) is 11.1. The summed E-state index contributed by atoms with van der Waals surface area (Å²) in [6, 6.07) is 11.7. The van der Waals surface area contributed by atoms with Gasteiger partial charge < -0.3 is 15.0 Å². The van der Waals surface area contributed by atoms with Gasteiger partial charge in [-0.15, -0.1) is 11.3 Å². The van der Waals surface area contributed by atoms with Crippen molar-refractivity contribution in [1.82, 2.24) is 15.1 Å². The zero-order valence-electron chi connectivity index (χ0n) is 18.1. The van der Waals surface area contributed by atoms with Crippen LogP contribution in [0.1, 0.15) is 42.2 Å². The summed E-state index contributed by atoms with van der Waals surface area (Å²) in [4.78, 5) is 31.2. The van der Waals surface area contributed by atoms with Crippen molar-refractivity contribution in [1.29, 1.82) is 0 Å². The number of hydrogen-bond acceptors (Lipinski definition) is 5. The van der Waals surface area contributed by atoms with Gasteiger partial charge in [-0.1, -0.05) is 24.3 Å².